The first-order valence-electron chi connectivity index (χ1n) is 6.64. The molecule has 0 heterocycles. The predicted octanol–water partition coefficient (Wildman–Crippen LogP) is 4.16. The second-order valence-electron chi connectivity index (χ2n) is 5.10. The maximum absolute atomic E-state index is 10.7. The van der Waals surface area contributed by atoms with E-state index in [0.29, 0.717) is 11.6 Å². The minimum absolute atomic E-state index is 0.0843. The van der Waals surface area contributed by atoms with Crippen molar-refractivity contribution >= 4 is 17.3 Å². The van der Waals surface area contributed by atoms with Crippen LogP contribution >= 0.6 is 11.6 Å². The van der Waals surface area contributed by atoms with Crippen molar-refractivity contribution in [1.82, 2.24) is 5.32 Å². The summed E-state index contributed by atoms with van der Waals surface area (Å²) in [5.74, 6) is 0.742. The van der Waals surface area contributed by atoms with Crippen molar-refractivity contribution in [3.63, 3.8) is 0 Å². The SMILES string of the molecule is CC(C)CCCCNCc1cc([N+](=O)[O-])ccc1Cl. The molecule has 4 nitrogen and oxygen atoms in total. The summed E-state index contributed by atoms with van der Waals surface area (Å²) in [5, 5.41) is 14.5. The molecule has 1 N–H and O–H groups in total. The first-order valence-corrected chi connectivity index (χ1v) is 7.02. The van der Waals surface area contributed by atoms with E-state index in [2.05, 4.69) is 19.2 Å². The molecule has 0 atom stereocenters. The lowest BCUT2D eigenvalue weighted by atomic mass is 10.1. The number of non-ortho nitro benzene ring substituents is 1. The van der Waals surface area contributed by atoms with Gasteiger partial charge in [0.05, 0.1) is 4.92 Å². The Bertz CT molecular complexity index is 422. The number of nitrogens with one attached hydrogen (secondary N) is 1. The van der Waals surface area contributed by atoms with Crippen molar-refractivity contribution in [1.29, 1.82) is 0 Å². The number of nitrogens with zero attached hydrogens (tertiary/aromatic N) is 1. The van der Waals surface area contributed by atoms with E-state index >= 15 is 0 Å². The Hall–Kier alpha value is -1.13. The number of hydrogen-bond donors (Lipinski definition) is 1. The van der Waals surface area contributed by atoms with Crippen molar-refractivity contribution in [3.05, 3.63) is 38.9 Å². The molecule has 0 bridgehead atoms. The largest absolute Gasteiger partial charge is 0.313 e. The van der Waals surface area contributed by atoms with Gasteiger partial charge in [-0.25, -0.2) is 0 Å². The van der Waals surface area contributed by atoms with Gasteiger partial charge in [0, 0.05) is 23.7 Å². The van der Waals surface area contributed by atoms with Gasteiger partial charge in [-0.2, -0.15) is 0 Å². The second kappa shape index (κ2) is 8.12. The summed E-state index contributed by atoms with van der Waals surface area (Å²) < 4.78 is 0. The van der Waals surface area contributed by atoms with Crippen molar-refractivity contribution in [2.75, 3.05) is 6.54 Å². The number of halogens is 1. The van der Waals surface area contributed by atoms with Gasteiger partial charge in [-0.3, -0.25) is 10.1 Å². The van der Waals surface area contributed by atoms with Crippen LogP contribution in [0.1, 0.15) is 38.7 Å². The van der Waals surface area contributed by atoms with Crippen molar-refractivity contribution in [2.45, 2.75) is 39.7 Å². The molecule has 0 spiro atoms. The smallest absolute Gasteiger partial charge is 0.269 e. The van der Waals surface area contributed by atoms with Gasteiger partial charge >= 0.3 is 0 Å². The van der Waals surface area contributed by atoms with Gasteiger partial charge in [0.2, 0.25) is 0 Å². The van der Waals surface area contributed by atoms with Gasteiger partial charge < -0.3 is 5.32 Å². The summed E-state index contributed by atoms with van der Waals surface area (Å²) >= 11 is 6.02. The fourth-order valence-electron chi connectivity index (χ4n) is 1.84. The van der Waals surface area contributed by atoms with E-state index < -0.39 is 4.92 Å². The van der Waals surface area contributed by atoms with Crippen LogP contribution in [-0.2, 0) is 6.54 Å². The summed E-state index contributed by atoms with van der Waals surface area (Å²) in [4.78, 5) is 10.3. The topological polar surface area (TPSA) is 55.2 Å². The van der Waals surface area contributed by atoms with E-state index in [1.165, 1.54) is 25.0 Å². The normalized spacial score (nSPS) is 10.9. The van der Waals surface area contributed by atoms with Crippen LogP contribution in [0.4, 0.5) is 5.69 Å². The third-order valence-electron chi connectivity index (χ3n) is 2.94. The molecule has 0 aliphatic heterocycles. The van der Waals surface area contributed by atoms with Crippen LogP contribution in [0, 0.1) is 16.0 Å². The van der Waals surface area contributed by atoms with Gasteiger partial charge in [-0.15, -0.1) is 0 Å². The highest BCUT2D eigenvalue weighted by molar-refractivity contribution is 6.31. The van der Waals surface area contributed by atoms with Crippen LogP contribution < -0.4 is 5.32 Å². The number of benzene rings is 1. The highest BCUT2D eigenvalue weighted by Crippen LogP contribution is 2.21. The van der Waals surface area contributed by atoms with E-state index in [1.54, 1.807) is 6.07 Å². The van der Waals surface area contributed by atoms with Gasteiger partial charge in [-0.05, 0) is 30.5 Å². The monoisotopic (exact) mass is 284 g/mol. The molecule has 5 heteroatoms. The highest BCUT2D eigenvalue weighted by atomic mass is 35.5. The van der Waals surface area contributed by atoms with E-state index in [4.69, 9.17) is 11.6 Å². The van der Waals surface area contributed by atoms with Crippen molar-refractivity contribution < 1.29 is 4.92 Å². The standard InChI is InChI=1S/C14H21ClN2O2/c1-11(2)5-3-4-8-16-10-12-9-13(17(18)19)6-7-14(12)15/h6-7,9,11,16H,3-5,8,10H2,1-2H3. The molecular formula is C14H21ClN2O2. The predicted molar refractivity (Wildman–Crippen MR) is 78.5 cm³/mol. The quantitative estimate of drug-likeness (QED) is 0.443. The molecular weight excluding hydrogens is 264 g/mol. The molecule has 0 saturated carbocycles. The van der Waals surface area contributed by atoms with Gasteiger partial charge in [0.15, 0.2) is 0 Å². The van der Waals surface area contributed by atoms with Crippen LogP contribution in [0.3, 0.4) is 0 Å². The Morgan fingerprint density at radius 1 is 1.37 bits per heavy atom. The minimum atomic E-state index is -0.400. The zero-order valence-electron chi connectivity index (χ0n) is 11.5. The fraction of sp³-hybridized carbons (Fsp3) is 0.571. The molecule has 0 aromatic heterocycles. The van der Waals surface area contributed by atoms with E-state index in [-0.39, 0.29) is 5.69 Å². The second-order valence-corrected chi connectivity index (χ2v) is 5.51. The molecule has 0 radical (unpaired) electrons. The average molecular weight is 285 g/mol. The molecule has 0 saturated heterocycles. The summed E-state index contributed by atoms with van der Waals surface area (Å²) in [7, 11) is 0. The van der Waals surface area contributed by atoms with Crippen LogP contribution in [0.5, 0.6) is 0 Å². The maximum atomic E-state index is 10.7. The van der Waals surface area contributed by atoms with Crippen LogP contribution in [0.2, 0.25) is 5.02 Å². The lowest BCUT2D eigenvalue weighted by Gasteiger charge is -2.07. The van der Waals surface area contributed by atoms with Gasteiger partial charge in [0.1, 0.15) is 0 Å². The molecule has 0 amide bonds. The van der Waals surface area contributed by atoms with E-state index in [1.807, 2.05) is 0 Å². The lowest BCUT2D eigenvalue weighted by Crippen LogP contribution is -2.15. The lowest BCUT2D eigenvalue weighted by molar-refractivity contribution is -0.384. The average Bonchev–Trinajstić information content (AvgIpc) is 2.34. The summed E-state index contributed by atoms with van der Waals surface area (Å²) in [6.45, 7) is 5.92. The Morgan fingerprint density at radius 3 is 2.74 bits per heavy atom. The Kier molecular flexibility index (Phi) is 6.81. The molecule has 19 heavy (non-hydrogen) atoms. The molecule has 1 aromatic carbocycles. The zero-order chi connectivity index (χ0) is 14.3. The molecule has 1 aromatic rings. The molecule has 0 aliphatic rings. The molecule has 1 rings (SSSR count). The molecule has 106 valence electrons. The molecule has 0 unspecified atom stereocenters. The van der Waals surface area contributed by atoms with Gasteiger partial charge in [-0.1, -0.05) is 38.3 Å². The molecule has 0 aliphatic carbocycles. The highest BCUT2D eigenvalue weighted by Gasteiger charge is 2.09. The summed E-state index contributed by atoms with van der Waals surface area (Å²) in [5.41, 5.74) is 0.862. The fourth-order valence-corrected chi connectivity index (χ4v) is 2.02. The summed E-state index contributed by atoms with van der Waals surface area (Å²) in [6.07, 6.45) is 3.55. The molecule has 0 fully saturated rings. The third-order valence-corrected chi connectivity index (χ3v) is 3.31. The van der Waals surface area contributed by atoms with Crippen LogP contribution in [-0.4, -0.2) is 11.5 Å². The van der Waals surface area contributed by atoms with Crippen molar-refractivity contribution in [3.8, 4) is 0 Å². The van der Waals surface area contributed by atoms with Crippen molar-refractivity contribution in [2.24, 2.45) is 5.92 Å². The summed E-state index contributed by atoms with van der Waals surface area (Å²) in [6, 6.07) is 4.54. The number of unbranched alkanes of at least 4 members (excludes halogenated alkanes) is 1. The number of hydrogen-bond acceptors (Lipinski definition) is 3. The minimum Gasteiger partial charge on any atom is -0.313 e. The zero-order valence-corrected chi connectivity index (χ0v) is 12.2. The number of nitro groups is 1. The van der Waals surface area contributed by atoms with Gasteiger partial charge in [0.25, 0.3) is 5.69 Å². The Balaban J connectivity index is 2.36. The third kappa shape index (κ3) is 6.03. The van der Waals surface area contributed by atoms with E-state index in [0.717, 1.165) is 24.4 Å². The van der Waals surface area contributed by atoms with Crippen LogP contribution in [0.25, 0.3) is 0 Å². The maximum Gasteiger partial charge on any atom is 0.269 e. The Labute approximate surface area is 119 Å². The first kappa shape index (κ1) is 15.9. The number of nitro benzene ring substituents is 1. The first-order chi connectivity index (χ1) is 9.00. The van der Waals surface area contributed by atoms with E-state index in [9.17, 15) is 10.1 Å². The Morgan fingerprint density at radius 2 is 2.11 bits per heavy atom. The van der Waals surface area contributed by atoms with Crippen LogP contribution in [0.15, 0.2) is 18.2 Å². The number of rotatable bonds is 8.